The number of nitrogens with zero attached hydrogens (tertiary/aromatic N) is 4. The maximum atomic E-state index is 9.97. The first-order chi connectivity index (χ1) is 10.9. The smallest absolute Gasteiger partial charge is 0.167 e. The Morgan fingerprint density at radius 3 is 2.83 bits per heavy atom. The number of aliphatic hydroxyl groups is 1. The lowest BCUT2D eigenvalue weighted by molar-refractivity contribution is -0.185. The third-order valence-corrected chi connectivity index (χ3v) is 4.91. The predicted octanol–water partition coefficient (Wildman–Crippen LogP) is 0.729. The lowest BCUT2D eigenvalue weighted by Crippen LogP contribution is -2.45. The van der Waals surface area contributed by atoms with Gasteiger partial charge in [0, 0.05) is 5.92 Å². The van der Waals surface area contributed by atoms with Crippen molar-refractivity contribution in [3.8, 4) is 0 Å². The number of nitrogens with two attached hydrogens (primary N) is 1. The molecular formula is C15H21N5O3. The van der Waals surface area contributed by atoms with E-state index in [1.165, 1.54) is 6.33 Å². The van der Waals surface area contributed by atoms with Crippen LogP contribution >= 0.6 is 0 Å². The molecule has 4 heterocycles. The Kier molecular flexibility index (Phi) is 2.97. The molecule has 0 spiro atoms. The number of aliphatic hydroxyl groups excluding tert-OH is 1. The lowest BCUT2D eigenvalue weighted by atomic mass is 9.71. The normalized spacial score (nSPS) is 33.7. The van der Waals surface area contributed by atoms with Crippen LogP contribution in [0, 0.1) is 11.3 Å². The SMILES string of the molecule is CC(C)(C)[C@@H]1C2OCC1(CO)OC2n1cnc2c(N)ncnc21. The van der Waals surface area contributed by atoms with Crippen LogP contribution in [0.15, 0.2) is 12.7 Å². The van der Waals surface area contributed by atoms with E-state index in [0.717, 1.165) is 0 Å². The summed E-state index contributed by atoms with van der Waals surface area (Å²) >= 11 is 0. The summed E-state index contributed by atoms with van der Waals surface area (Å²) in [6, 6.07) is 0. The summed E-state index contributed by atoms with van der Waals surface area (Å²) < 4.78 is 14.1. The molecule has 2 aromatic rings. The second-order valence-electron chi connectivity index (χ2n) is 7.43. The largest absolute Gasteiger partial charge is 0.393 e. The Morgan fingerprint density at radius 2 is 2.17 bits per heavy atom. The van der Waals surface area contributed by atoms with Crippen LogP contribution in [-0.2, 0) is 9.47 Å². The summed E-state index contributed by atoms with van der Waals surface area (Å²) in [6.07, 6.45) is 2.50. The molecule has 8 heteroatoms. The molecule has 0 saturated carbocycles. The molecular weight excluding hydrogens is 298 g/mol. The third-order valence-electron chi connectivity index (χ3n) is 4.91. The van der Waals surface area contributed by atoms with Gasteiger partial charge in [-0.2, -0.15) is 0 Å². The number of imidazole rings is 1. The first kappa shape index (κ1) is 14.8. The van der Waals surface area contributed by atoms with Crippen LogP contribution in [0.4, 0.5) is 5.82 Å². The van der Waals surface area contributed by atoms with E-state index in [-0.39, 0.29) is 30.3 Å². The van der Waals surface area contributed by atoms with Gasteiger partial charge in [-0.1, -0.05) is 20.8 Å². The van der Waals surface area contributed by atoms with E-state index in [0.29, 0.717) is 23.6 Å². The summed E-state index contributed by atoms with van der Waals surface area (Å²) in [7, 11) is 0. The van der Waals surface area contributed by atoms with Crippen LogP contribution in [0.5, 0.6) is 0 Å². The first-order valence-corrected chi connectivity index (χ1v) is 7.71. The Labute approximate surface area is 133 Å². The Balaban J connectivity index is 1.81. The van der Waals surface area contributed by atoms with Gasteiger partial charge in [0.25, 0.3) is 0 Å². The average molecular weight is 319 g/mol. The van der Waals surface area contributed by atoms with Gasteiger partial charge < -0.3 is 20.3 Å². The molecule has 2 aliphatic heterocycles. The van der Waals surface area contributed by atoms with Crippen LogP contribution in [0.3, 0.4) is 0 Å². The highest BCUT2D eigenvalue weighted by Crippen LogP contribution is 2.55. The highest BCUT2D eigenvalue weighted by molar-refractivity contribution is 5.81. The second-order valence-corrected chi connectivity index (χ2v) is 7.43. The maximum Gasteiger partial charge on any atom is 0.167 e. The summed E-state index contributed by atoms with van der Waals surface area (Å²) in [5.74, 6) is 0.406. The number of hydrogen-bond donors (Lipinski definition) is 2. The highest BCUT2D eigenvalue weighted by Gasteiger charge is 2.65. The van der Waals surface area contributed by atoms with E-state index < -0.39 is 5.60 Å². The zero-order valence-corrected chi connectivity index (χ0v) is 13.4. The van der Waals surface area contributed by atoms with Gasteiger partial charge in [-0.05, 0) is 5.41 Å². The van der Waals surface area contributed by atoms with E-state index in [1.54, 1.807) is 6.33 Å². The van der Waals surface area contributed by atoms with Gasteiger partial charge in [0.2, 0.25) is 0 Å². The van der Waals surface area contributed by atoms with Crippen LogP contribution in [-0.4, -0.2) is 49.5 Å². The molecule has 124 valence electrons. The number of aromatic nitrogens is 4. The van der Waals surface area contributed by atoms with Crippen LogP contribution in [0.25, 0.3) is 11.2 Å². The zero-order chi connectivity index (χ0) is 16.4. The molecule has 3 N–H and O–H groups in total. The van der Waals surface area contributed by atoms with Crippen molar-refractivity contribution in [1.29, 1.82) is 0 Å². The molecule has 4 rings (SSSR count). The summed E-state index contributed by atoms with van der Waals surface area (Å²) in [6.45, 7) is 6.74. The molecule has 0 radical (unpaired) electrons. The molecule has 8 nitrogen and oxygen atoms in total. The summed E-state index contributed by atoms with van der Waals surface area (Å²) in [5, 5.41) is 9.97. The van der Waals surface area contributed by atoms with Crippen molar-refractivity contribution in [2.45, 2.75) is 38.7 Å². The molecule has 3 unspecified atom stereocenters. The topological polar surface area (TPSA) is 108 Å². The molecule has 2 bridgehead atoms. The highest BCUT2D eigenvalue weighted by atomic mass is 16.6. The van der Waals surface area contributed by atoms with Crippen molar-refractivity contribution in [2.24, 2.45) is 11.3 Å². The number of anilines is 1. The fourth-order valence-corrected chi connectivity index (χ4v) is 4.12. The van der Waals surface area contributed by atoms with Crippen LogP contribution in [0.2, 0.25) is 0 Å². The van der Waals surface area contributed by atoms with Gasteiger partial charge in [0.05, 0.1) is 19.5 Å². The lowest BCUT2D eigenvalue weighted by Gasteiger charge is -2.35. The fraction of sp³-hybridized carbons (Fsp3) is 0.667. The second kappa shape index (κ2) is 4.62. The molecule has 23 heavy (non-hydrogen) atoms. The van der Waals surface area contributed by atoms with E-state index in [9.17, 15) is 5.11 Å². The summed E-state index contributed by atoms with van der Waals surface area (Å²) in [5.41, 5.74) is 6.25. The van der Waals surface area contributed by atoms with Crippen molar-refractivity contribution in [3.63, 3.8) is 0 Å². The van der Waals surface area contributed by atoms with E-state index in [2.05, 4.69) is 35.7 Å². The number of fused-ring (bicyclic) bond motifs is 3. The first-order valence-electron chi connectivity index (χ1n) is 7.71. The fourth-order valence-electron chi connectivity index (χ4n) is 4.12. The molecule has 2 fully saturated rings. The van der Waals surface area contributed by atoms with Crippen molar-refractivity contribution < 1.29 is 14.6 Å². The van der Waals surface area contributed by atoms with E-state index in [1.807, 2.05) is 4.57 Å². The Bertz CT molecular complexity index is 755. The minimum atomic E-state index is -0.692. The number of hydrogen-bond acceptors (Lipinski definition) is 7. The molecule has 0 amide bonds. The Hall–Kier alpha value is -1.77. The molecule has 0 aromatic carbocycles. The zero-order valence-electron chi connectivity index (χ0n) is 13.4. The molecule has 2 aromatic heterocycles. The molecule has 2 saturated heterocycles. The van der Waals surface area contributed by atoms with Gasteiger partial charge in [-0.15, -0.1) is 0 Å². The van der Waals surface area contributed by atoms with Gasteiger partial charge >= 0.3 is 0 Å². The number of ether oxygens (including phenoxy) is 2. The summed E-state index contributed by atoms with van der Waals surface area (Å²) in [4.78, 5) is 12.5. The van der Waals surface area contributed by atoms with Gasteiger partial charge in [0.15, 0.2) is 17.7 Å². The van der Waals surface area contributed by atoms with Crippen molar-refractivity contribution in [1.82, 2.24) is 19.5 Å². The van der Waals surface area contributed by atoms with Gasteiger partial charge in [-0.3, -0.25) is 4.57 Å². The Morgan fingerprint density at radius 1 is 1.39 bits per heavy atom. The van der Waals surface area contributed by atoms with Gasteiger partial charge in [0.1, 0.15) is 23.5 Å². The minimum Gasteiger partial charge on any atom is -0.393 e. The van der Waals surface area contributed by atoms with Gasteiger partial charge in [-0.25, -0.2) is 15.0 Å². The number of nitrogen functional groups attached to an aromatic ring is 1. The third kappa shape index (κ3) is 1.92. The van der Waals surface area contributed by atoms with E-state index >= 15 is 0 Å². The molecule has 4 atom stereocenters. The minimum absolute atomic E-state index is 0.0664. The molecule has 0 aliphatic carbocycles. The predicted molar refractivity (Wildman–Crippen MR) is 82.4 cm³/mol. The van der Waals surface area contributed by atoms with Crippen molar-refractivity contribution >= 4 is 17.0 Å². The van der Waals surface area contributed by atoms with Crippen LogP contribution in [0.1, 0.15) is 27.0 Å². The maximum absolute atomic E-state index is 9.97. The van der Waals surface area contributed by atoms with Crippen molar-refractivity contribution in [2.75, 3.05) is 18.9 Å². The van der Waals surface area contributed by atoms with Crippen LogP contribution < -0.4 is 5.73 Å². The van der Waals surface area contributed by atoms with Crippen molar-refractivity contribution in [3.05, 3.63) is 12.7 Å². The molecule has 2 aliphatic rings. The van der Waals surface area contributed by atoms with E-state index in [4.69, 9.17) is 15.2 Å². The average Bonchev–Trinajstić information content (AvgIpc) is 3.16. The standard InChI is InChI=1S/C15H21N5O3/c1-14(2,3)10-9-13(23-15(10,4-21)5-22-9)20-7-19-8-11(16)17-6-18-12(8)20/h6-7,9-10,13,21H,4-5H2,1-3H3,(H2,16,17,18)/t9?,10-,13?,15?/m0/s1. The quantitative estimate of drug-likeness (QED) is 0.840. The monoisotopic (exact) mass is 319 g/mol. The number of rotatable bonds is 2.